The van der Waals surface area contributed by atoms with Crippen LogP contribution in [-0.4, -0.2) is 0 Å². The third kappa shape index (κ3) is 3.94. The summed E-state index contributed by atoms with van der Waals surface area (Å²) in [5.41, 5.74) is 4.61. The van der Waals surface area contributed by atoms with E-state index in [0.717, 1.165) is 11.1 Å². The fraction of sp³-hybridized carbons (Fsp3) is 0.111. The summed E-state index contributed by atoms with van der Waals surface area (Å²) in [5, 5.41) is 0. The second-order valence-corrected chi connectivity index (χ2v) is 4.38. The lowest BCUT2D eigenvalue weighted by atomic mass is 10.1. The first kappa shape index (κ1) is 13.3. The van der Waals surface area contributed by atoms with Crippen molar-refractivity contribution in [3.63, 3.8) is 0 Å². The molecule has 1 nitrogen and oxygen atoms in total. The first-order chi connectivity index (χ1) is 9.31. The molecule has 2 aromatic carbocycles. The van der Waals surface area contributed by atoms with Gasteiger partial charge in [-0.05, 0) is 22.3 Å². The number of hydrogen-bond acceptors (Lipinski definition) is 1. The van der Waals surface area contributed by atoms with Gasteiger partial charge >= 0.3 is 0 Å². The monoisotopic (exact) mass is 250 g/mol. The van der Waals surface area contributed by atoms with Gasteiger partial charge in [0, 0.05) is 0 Å². The lowest BCUT2D eigenvalue weighted by Gasteiger charge is -2.05. The molecule has 0 saturated carbocycles. The van der Waals surface area contributed by atoms with Crippen molar-refractivity contribution >= 4 is 12.2 Å². The Labute approximate surface area is 114 Å². The Bertz CT molecular complexity index is 483. The summed E-state index contributed by atoms with van der Waals surface area (Å²) in [5.74, 6) is 0. The number of benzene rings is 2. The largest absolute Gasteiger partial charge is 0.372 e. The van der Waals surface area contributed by atoms with E-state index in [9.17, 15) is 0 Å². The Kier molecular flexibility index (Phi) is 4.71. The maximum Gasteiger partial charge on any atom is 0.0721 e. The van der Waals surface area contributed by atoms with Gasteiger partial charge in [0.05, 0.1) is 13.2 Å². The fourth-order valence-corrected chi connectivity index (χ4v) is 1.79. The number of ether oxygens (including phenoxy) is 1. The lowest BCUT2D eigenvalue weighted by Crippen LogP contribution is -1.94. The van der Waals surface area contributed by atoms with Crippen molar-refractivity contribution in [3.05, 3.63) is 83.9 Å². The van der Waals surface area contributed by atoms with Crippen LogP contribution in [0.4, 0.5) is 0 Å². The molecule has 0 aliphatic carbocycles. The second kappa shape index (κ2) is 6.72. The predicted octanol–water partition coefficient (Wildman–Crippen LogP) is 4.69. The summed E-state index contributed by atoms with van der Waals surface area (Å²) in [4.78, 5) is 0. The average molecular weight is 250 g/mol. The van der Waals surface area contributed by atoms with Gasteiger partial charge < -0.3 is 4.74 Å². The molecule has 19 heavy (non-hydrogen) atoms. The Hall–Kier alpha value is -2.12. The summed E-state index contributed by atoms with van der Waals surface area (Å²) in [7, 11) is 0. The third-order valence-corrected chi connectivity index (χ3v) is 2.97. The Morgan fingerprint density at radius 1 is 0.684 bits per heavy atom. The smallest absolute Gasteiger partial charge is 0.0721 e. The van der Waals surface area contributed by atoms with Crippen LogP contribution in [0.25, 0.3) is 12.2 Å². The Morgan fingerprint density at radius 2 is 1.05 bits per heavy atom. The topological polar surface area (TPSA) is 9.23 Å². The van der Waals surface area contributed by atoms with Crippen LogP contribution in [0, 0.1) is 0 Å². The highest BCUT2D eigenvalue weighted by atomic mass is 16.5. The van der Waals surface area contributed by atoms with E-state index < -0.39 is 0 Å². The normalized spacial score (nSPS) is 10.1. The molecule has 0 amide bonds. The molecule has 0 spiro atoms. The van der Waals surface area contributed by atoms with E-state index >= 15 is 0 Å². The standard InChI is InChI=1S/C18H18O/c1-3-15-5-9-17(10-6-15)13-19-14-18-11-7-16(4-2)8-12-18/h3-12H,1-2,13-14H2. The molecule has 2 aromatic rings. The van der Waals surface area contributed by atoms with Crippen LogP contribution in [0.5, 0.6) is 0 Å². The molecule has 1 heteroatoms. The van der Waals surface area contributed by atoms with Crippen LogP contribution in [0.1, 0.15) is 22.3 Å². The first-order valence-electron chi connectivity index (χ1n) is 6.32. The van der Waals surface area contributed by atoms with Crippen LogP contribution >= 0.6 is 0 Å². The lowest BCUT2D eigenvalue weighted by molar-refractivity contribution is 0.107. The maximum atomic E-state index is 5.70. The molecule has 0 N–H and O–H groups in total. The van der Waals surface area contributed by atoms with Crippen molar-refractivity contribution in [1.29, 1.82) is 0 Å². The van der Waals surface area contributed by atoms with Crippen LogP contribution in [0.15, 0.2) is 61.7 Å². The van der Waals surface area contributed by atoms with Crippen molar-refractivity contribution in [3.8, 4) is 0 Å². The van der Waals surface area contributed by atoms with Gasteiger partial charge in [0.25, 0.3) is 0 Å². The SMILES string of the molecule is C=Cc1ccc(COCc2ccc(C=C)cc2)cc1. The van der Waals surface area contributed by atoms with E-state index in [-0.39, 0.29) is 0 Å². The van der Waals surface area contributed by atoms with Crippen molar-refractivity contribution in [1.82, 2.24) is 0 Å². The molecule has 0 atom stereocenters. The van der Waals surface area contributed by atoms with E-state index in [4.69, 9.17) is 4.74 Å². The van der Waals surface area contributed by atoms with Gasteiger partial charge in [-0.25, -0.2) is 0 Å². The van der Waals surface area contributed by atoms with E-state index in [1.807, 2.05) is 36.4 Å². The van der Waals surface area contributed by atoms with Crippen molar-refractivity contribution in [2.24, 2.45) is 0 Å². The molecule has 0 aliphatic rings. The minimum absolute atomic E-state index is 0.626. The molecular weight excluding hydrogens is 232 g/mol. The maximum absolute atomic E-state index is 5.70. The number of rotatable bonds is 6. The van der Waals surface area contributed by atoms with Crippen LogP contribution in [0.2, 0.25) is 0 Å². The van der Waals surface area contributed by atoms with Gasteiger partial charge in [-0.3, -0.25) is 0 Å². The zero-order valence-corrected chi connectivity index (χ0v) is 11.0. The summed E-state index contributed by atoms with van der Waals surface area (Å²) < 4.78 is 5.70. The van der Waals surface area contributed by atoms with E-state index in [0.29, 0.717) is 13.2 Å². The molecule has 0 heterocycles. The molecule has 0 aromatic heterocycles. The van der Waals surface area contributed by atoms with Crippen LogP contribution in [-0.2, 0) is 18.0 Å². The van der Waals surface area contributed by atoms with E-state index in [2.05, 4.69) is 37.4 Å². The van der Waals surface area contributed by atoms with Crippen molar-refractivity contribution in [2.45, 2.75) is 13.2 Å². The second-order valence-electron chi connectivity index (χ2n) is 4.38. The summed E-state index contributed by atoms with van der Waals surface area (Å²) in [6.07, 6.45) is 3.68. The summed E-state index contributed by atoms with van der Waals surface area (Å²) in [6.45, 7) is 8.73. The van der Waals surface area contributed by atoms with E-state index in [1.54, 1.807) is 0 Å². The first-order valence-corrected chi connectivity index (χ1v) is 6.32. The molecule has 0 fully saturated rings. The third-order valence-electron chi connectivity index (χ3n) is 2.97. The Morgan fingerprint density at radius 3 is 1.37 bits per heavy atom. The fourth-order valence-electron chi connectivity index (χ4n) is 1.79. The zero-order valence-electron chi connectivity index (χ0n) is 11.0. The molecule has 2 rings (SSSR count). The van der Waals surface area contributed by atoms with Gasteiger partial charge in [-0.2, -0.15) is 0 Å². The average Bonchev–Trinajstić information content (AvgIpc) is 2.49. The molecule has 0 bridgehead atoms. The highest BCUT2D eigenvalue weighted by Crippen LogP contribution is 2.10. The van der Waals surface area contributed by atoms with Crippen LogP contribution in [0.3, 0.4) is 0 Å². The molecule has 0 aliphatic heterocycles. The highest BCUT2D eigenvalue weighted by Gasteiger charge is 1.96. The minimum Gasteiger partial charge on any atom is -0.372 e. The molecule has 0 unspecified atom stereocenters. The number of hydrogen-bond donors (Lipinski definition) is 0. The van der Waals surface area contributed by atoms with Crippen molar-refractivity contribution in [2.75, 3.05) is 0 Å². The molecule has 96 valence electrons. The van der Waals surface area contributed by atoms with E-state index in [1.165, 1.54) is 11.1 Å². The van der Waals surface area contributed by atoms with Gasteiger partial charge in [-0.1, -0.05) is 73.8 Å². The quantitative estimate of drug-likeness (QED) is 0.722. The Balaban J connectivity index is 1.84. The summed E-state index contributed by atoms with van der Waals surface area (Å²) >= 11 is 0. The van der Waals surface area contributed by atoms with Crippen molar-refractivity contribution < 1.29 is 4.74 Å². The van der Waals surface area contributed by atoms with Gasteiger partial charge in [0.2, 0.25) is 0 Å². The molecule has 0 radical (unpaired) electrons. The zero-order chi connectivity index (χ0) is 13.5. The molecule has 0 saturated heterocycles. The van der Waals surface area contributed by atoms with Gasteiger partial charge in [0.1, 0.15) is 0 Å². The van der Waals surface area contributed by atoms with Gasteiger partial charge in [-0.15, -0.1) is 0 Å². The predicted molar refractivity (Wildman–Crippen MR) is 81.6 cm³/mol. The highest BCUT2D eigenvalue weighted by molar-refractivity contribution is 5.47. The van der Waals surface area contributed by atoms with Gasteiger partial charge in [0.15, 0.2) is 0 Å². The minimum atomic E-state index is 0.626. The summed E-state index contributed by atoms with van der Waals surface area (Å²) in [6, 6.07) is 16.5. The molecular formula is C18H18O. The van der Waals surface area contributed by atoms with Crippen LogP contribution < -0.4 is 0 Å².